The van der Waals surface area contributed by atoms with Gasteiger partial charge in [-0.15, -0.1) is 0 Å². The molecule has 1 atom stereocenters. The highest BCUT2D eigenvalue weighted by molar-refractivity contribution is 5.99. The first kappa shape index (κ1) is 19.9. The van der Waals surface area contributed by atoms with Gasteiger partial charge in [-0.3, -0.25) is 9.59 Å². The summed E-state index contributed by atoms with van der Waals surface area (Å²) < 4.78 is 11.2. The topological polar surface area (TPSA) is 80.0 Å². The molecule has 2 heterocycles. The lowest BCUT2D eigenvalue weighted by molar-refractivity contribution is 0.0714. The molecule has 6 nitrogen and oxygen atoms in total. The highest BCUT2D eigenvalue weighted by Gasteiger charge is 2.42. The molecule has 5 rings (SSSR count). The molecule has 0 unspecified atom stereocenters. The third kappa shape index (κ3) is 3.21. The number of rotatable bonds is 4. The SMILES string of the molecule is COc1ccc(CN2C(=O)c3oc4ccc(C)cc4c(=O)c3[C@@H]2c2cccc(O)c2)cc1. The van der Waals surface area contributed by atoms with E-state index in [1.54, 1.807) is 48.4 Å². The standard InChI is InChI=1S/C26H21NO5/c1-15-6-11-21-20(12-15)24(29)22-23(17-4-3-5-18(28)13-17)27(26(30)25(22)32-21)14-16-7-9-19(31-2)10-8-16/h3-13,23,28H,14H2,1-2H3/t23-/m0/s1. The van der Waals surface area contributed by atoms with Crippen molar-refractivity contribution in [1.82, 2.24) is 4.90 Å². The zero-order chi connectivity index (χ0) is 22.4. The van der Waals surface area contributed by atoms with E-state index in [2.05, 4.69) is 0 Å². The molecule has 4 aromatic rings. The Morgan fingerprint density at radius 2 is 1.81 bits per heavy atom. The number of methoxy groups -OCH3 is 1. The van der Waals surface area contributed by atoms with Crippen LogP contribution in [0.5, 0.6) is 11.5 Å². The second-order valence-electron chi connectivity index (χ2n) is 7.95. The van der Waals surface area contributed by atoms with Crippen molar-refractivity contribution in [2.24, 2.45) is 0 Å². The number of carbonyl (C=O) groups excluding carboxylic acids is 1. The third-order valence-corrected chi connectivity index (χ3v) is 5.82. The minimum absolute atomic E-state index is 0.0493. The number of hydrogen-bond acceptors (Lipinski definition) is 5. The normalized spacial score (nSPS) is 15.2. The lowest BCUT2D eigenvalue weighted by atomic mass is 9.97. The predicted molar refractivity (Wildman–Crippen MR) is 120 cm³/mol. The van der Waals surface area contributed by atoms with Crippen molar-refractivity contribution in [1.29, 1.82) is 0 Å². The summed E-state index contributed by atoms with van der Waals surface area (Å²) in [7, 11) is 1.59. The number of phenolic OH excluding ortho intramolecular Hbond substituents is 1. The van der Waals surface area contributed by atoms with Crippen LogP contribution in [0.2, 0.25) is 0 Å². The molecular formula is C26H21NO5. The van der Waals surface area contributed by atoms with Gasteiger partial charge in [0.05, 0.1) is 24.1 Å². The van der Waals surface area contributed by atoms with Crippen LogP contribution in [0.4, 0.5) is 0 Å². The summed E-state index contributed by atoms with van der Waals surface area (Å²) >= 11 is 0. The van der Waals surface area contributed by atoms with E-state index >= 15 is 0 Å². The fraction of sp³-hybridized carbons (Fsp3) is 0.154. The molecule has 0 bridgehead atoms. The summed E-state index contributed by atoms with van der Waals surface area (Å²) in [5.74, 6) is 0.471. The Bertz CT molecular complexity index is 1400. The van der Waals surface area contributed by atoms with Gasteiger partial charge in [0.25, 0.3) is 5.91 Å². The summed E-state index contributed by atoms with van der Waals surface area (Å²) in [5, 5.41) is 10.5. The van der Waals surface area contributed by atoms with Gasteiger partial charge in [0.2, 0.25) is 5.76 Å². The highest BCUT2D eigenvalue weighted by Crippen LogP contribution is 2.40. The van der Waals surface area contributed by atoms with Gasteiger partial charge in [0, 0.05) is 6.54 Å². The van der Waals surface area contributed by atoms with Crippen LogP contribution in [0, 0.1) is 6.92 Å². The molecule has 1 N–H and O–H groups in total. The molecule has 1 amide bonds. The van der Waals surface area contributed by atoms with Gasteiger partial charge in [-0.05, 0) is 54.4 Å². The van der Waals surface area contributed by atoms with Crippen LogP contribution >= 0.6 is 0 Å². The molecule has 0 radical (unpaired) electrons. The summed E-state index contributed by atoms with van der Waals surface area (Å²) in [6.07, 6.45) is 0. The maximum Gasteiger partial charge on any atom is 0.291 e. The van der Waals surface area contributed by atoms with Gasteiger partial charge in [-0.1, -0.05) is 35.9 Å². The molecule has 3 aromatic carbocycles. The van der Waals surface area contributed by atoms with Gasteiger partial charge < -0.3 is 19.2 Å². The molecule has 6 heteroatoms. The Kier molecular flexibility index (Phi) is 4.70. The zero-order valence-corrected chi connectivity index (χ0v) is 17.7. The van der Waals surface area contributed by atoms with Crippen molar-refractivity contribution < 1.29 is 19.1 Å². The summed E-state index contributed by atoms with van der Waals surface area (Å²) in [4.78, 5) is 28.6. The van der Waals surface area contributed by atoms with Crippen LogP contribution < -0.4 is 10.2 Å². The Morgan fingerprint density at radius 3 is 2.53 bits per heavy atom. The molecule has 1 aromatic heterocycles. The van der Waals surface area contributed by atoms with Crippen LogP contribution in [0.1, 0.15) is 38.9 Å². The molecule has 0 saturated carbocycles. The Hall–Kier alpha value is -4.06. The molecule has 0 spiro atoms. The van der Waals surface area contributed by atoms with Crippen molar-refractivity contribution in [2.75, 3.05) is 7.11 Å². The maximum atomic E-state index is 13.6. The van der Waals surface area contributed by atoms with Gasteiger partial charge in [0.15, 0.2) is 5.43 Å². The number of phenols is 1. The smallest absolute Gasteiger partial charge is 0.291 e. The highest BCUT2D eigenvalue weighted by atomic mass is 16.5. The second kappa shape index (κ2) is 7.57. The van der Waals surface area contributed by atoms with Gasteiger partial charge in [-0.2, -0.15) is 0 Å². The summed E-state index contributed by atoms with van der Waals surface area (Å²) in [6, 6.07) is 18.7. The van der Waals surface area contributed by atoms with Crippen LogP contribution in [0.25, 0.3) is 11.0 Å². The quantitative estimate of drug-likeness (QED) is 0.516. The molecule has 0 fully saturated rings. The fourth-order valence-corrected chi connectivity index (χ4v) is 4.27. The summed E-state index contributed by atoms with van der Waals surface area (Å²) in [5.41, 5.74) is 2.90. The maximum absolute atomic E-state index is 13.6. The minimum atomic E-state index is -0.673. The van der Waals surface area contributed by atoms with Crippen LogP contribution in [0.15, 0.2) is 75.9 Å². The van der Waals surface area contributed by atoms with E-state index < -0.39 is 6.04 Å². The summed E-state index contributed by atoms with van der Waals surface area (Å²) in [6.45, 7) is 2.17. The Morgan fingerprint density at radius 1 is 1.03 bits per heavy atom. The molecule has 160 valence electrons. The lowest BCUT2D eigenvalue weighted by Gasteiger charge is -2.25. The van der Waals surface area contributed by atoms with E-state index in [4.69, 9.17) is 9.15 Å². The molecule has 0 saturated heterocycles. The average molecular weight is 427 g/mol. The van der Waals surface area contributed by atoms with Gasteiger partial charge in [0.1, 0.15) is 17.1 Å². The van der Waals surface area contributed by atoms with E-state index in [0.717, 1.165) is 11.1 Å². The number of hydrogen-bond donors (Lipinski definition) is 1. The zero-order valence-electron chi connectivity index (χ0n) is 17.7. The van der Waals surface area contributed by atoms with E-state index in [1.807, 2.05) is 37.3 Å². The Balaban J connectivity index is 1.70. The van der Waals surface area contributed by atoms with Crippen molar-refractivity contribution in [3.8, 4) is 11.5 Å². The largest absolute Gasteiger partial charge is 0.508 e. The lowest BCUT2D eigenvalue weighted by Crippen LogP contribution is -2.29. The molecule has 1 aliphatic rings. The van der Waals surface area contributed by atoms with E-state index in [-0.39, 0.29) is 29.4 Å². The average Bonchev–Trinajstić information content (AvgIpc) is 3.07. The predicted octanol–water partition coefficient (Wildman–Crippen LogP) is 4.56. The third-order valence-electron chi connectivity index (χ3n) is 5.82. The van der Waals surface area contributed by atoms with Crippen molar-refractivity contribution in [3.63, 3.8) is 0 Å². The first-order chi connectivity index (χ1) is 15.5. The van der Waals surface area contributed by atoms with E-state index in [9.17, 15) is 14.7 Å². The van der Waals surface area contributed by atoms with Crippen LogP contribution in [-0.4, -0.2) is 23.0 Å². The molecule has 0 aliphatic carbocycles. The molecule has 32 heavy (non-hydrogen) atoms. The van der Waals surface area contributed by atoms with E-state index in [0.29, 0.717) is 27.8 Å². The second-order valence-corrected chi connectivity index (χ2v) is 7.95. The van der Waals surface area contributed by atoms with Gasteiger partial charge >= 0.3 is 0 Å². The molecule has 1 aliphatic heterocycles. The fourth-order valence-electron chi connectivity index (χ4n) is 4.27. The first-order valence-electron chi connectivity index (χ1n) is 10.3. The number of benzene rings is 3. The number of ether oxygens (including phenoxy) is 1. The van der Waals surface area contributed by atoms with Crippen molar-refractivity contribution in [3.05, 3.63) is 105 Å². The first-order valence-corrected chi connectivity index (χ1v) is 10.3. The number of carbonyl (C=O) groups is 1. The van der Waals surface area contributed by atoms with Gasteiger partial charge in [-0.25, -0.2) is 0 Å². The molecular weight excluding hydrogens is 406 g/mol. The number of amides is 1. The number of nitrogens with zero attached hydrogens (tertiary/aromatic N) is 1. The monoisotopic (exact) mass is 427 g/mol. The van der Waals surface area contributed by atoms with Crippen LogP contribution in [-0.2, 0) is 6.54 Å². The Labute approximate surface area is 184 Å². The minimum Gasteiger partial charge on any atom is -0.508 e. The number of aryl methyl sites for hydroxylation is 1. The van der Waals surface area contributed by atoms with Crippen molar-refractivity contribution >= 4 is 16.9 Å². The van der Waals surface area contributed by atoms with Crippen molar-refractivity contribution in [2.45, 2.75) is 19.5 Å². The number of aromatic hydroxyl groups is 1. The van der Waals surface area contributed by atoms with E-state index in [1.165, 1.54) is 0 Å². The van der Waals surface area contributed by atoms with Crippen LogP contribution in [0.3, 0.4) is 0 Å². The number of fused-ring (bicyclic) bond motifs is 2.